The topological polar surface area (TPSA) is 125 Å². The molecular weight excluding hydrogens is 392 g/mol. The summed E-state index contributed by atoms with van der Waals surface area (Å²) in [4.78, 5) is 49.7. The molecule has 2 aromatic rings. The predicted octanol–water partition coefficient (Wildman–Crippen LogP) is 2.49. The number of nitrogens with one attached hydrogen (secondary N) is 1. The van der Waals surface area contributed by atoms with Gasteiger partial charge >= 0.3 is 11.7 Å². The number of amides is 1. The first-order valence-electron chi connectivity index (χ1n) is 9.32. The molecule has 1 saturated carbocycles. The van der Waals surface area contributed by atoms with Crippen LogP contribution in [0.4, 0.5) is 11.4 Å². The summed E-state index contributed by atoms with van der Waals surface area (Å²) in [6.45, 7) is 1.74. The van der Waals surface area contributed by atoms with Crippen molar-refractivity contribution in [1.29, 1.82) is 0 Å². The lowest BCUT2D eigenvalue weighted by atomic mass is 9.91. The second kappa shape index (κ2) is 6.94. The summed E-state index contributed by atoms with van der Waals surface area (Å²) < 4.78 is 10.1. The maximum Gasteiger partial charge on any atom is 0.311 e. The molecule has 1 spiro atoms. The number of anilines is 1. The van der Waals surface area contributed by atoms with Crippen LogP contribution in [0.3, 0.4) is 0 Å². The Morgan fingerprint density at radius 2 is 1.93 bits per heavy atom. The number of nitro benzene ring substituents is 1. The summed E-state index contributed by atoms with van der Waals surface area (Å²) in [7, 11) is 1.29. The van der Waals surface area contributed by atoms with Gasteiger partial charge in [-0.2, -0.15) is 0 Å². The van der Waals surface area contributed by atoms with E-state index in [4.69, 9.17) is 9.47 Å². The summed E-state index contributed by atoms with van der Waals surface area (Å²) in [6.07, 6.45) is 0. The van der Waals surface area contributed by atoms with Crippen molar-refractivity contribution >= 4 is 29.0 Å². The number of hydrogen-bond donors (Lipinski definition) is 1. The molecule has 154 valence electrons. The fraction of sp³-hybridized carbons (Fsp3) is 0.286. The number of nitrogens with zero attached hydrogens (tertiary/aromatic N) is 1. The smallest absolute Gasteiger partial charge is 0.311 e. The van der Waals surface area contributed by atoms with Gasteiger partial charge in [-0.3, -0.25) is 24.5 Å². The SMILES string of the molecule is CCOC(=O)[C@H]1[C@H](C(=O)c2ccc(OC)c([N+](=O)[O-])c2)[C@]12C(=O)Nc1ccccc12. The van der Waals surface area contributed by atoms with Gasteiger partial charge in [0, 0.05) is 17.3 Å². The quantitative estimate of drug-likeness (QED) is 0.336. The molecule has 4 rings (SSSR count). The Balaban J connectivity index is 1.80. The van der Waals surface area contributed by atoms with E-state index in [2.05, 4.69) is 5.32 Å². The van der Waals surface area contributed by atoms with E-state index < -0.39 is 39.8 Å². The third-order valence-electron chi connectivity index (χ3n) is 5.69. The van der Waals surface area contributed by atoms with Crippen molar-refractivity contribution in [2.24, 2.45) is 11.8 Å². The number of carbonyl (C=O) groups excluding carboxylic acids is 3. The van der Waals surface area contributed by atoms with Crippen LogP contribution in [0.2, 0.25) is 0 Å². The fourth-order valence-electron chi connectivity index (χ4n) is 4.38. The van der Waals surface area contributed by atoms with E-state index in [9.17, 15) is 24.5 Å². The van der Waals surface area contributed by atoms with Gasteiger partial charge in [0.05, 0.1) is 30.5 Å². The number of fused-ring (bicyclic) bond motifs is 2. The molecule has 0 unspecified atom stereocenters. The number of Topliss-reactive ketones (excluding diaryl/α,β-unsaturated/α-hetero) is 1. The largest absolute Gasteiger partial charge is 0.490 e. The molecule has 3 atom stereocenters. The number of benzene rings is 2. The molecule has 1 amide bonds. The van der Waals surface area contributed by atoms with E-state index in [0.29, 0.717) is 11.3 Å². The third kappa shape index (κ3) is 2.58. The van der Waals surface area contributed by atoms with Crippen molar-refractivity contribution in [3.63, 3.8) is 0 Å². The highest BCUT2D eigenvalue weighted by atomic mass is 16.6. The molecule has 9 heteroatoms. The third-order valence-corrected chi connectivity index (χ3v) is 5.69. The summed E-state index contributed by atoms with van der Waals surface area (Å²) in [6, 6.07) is 10.7. The van der Waals surface area contributed by atoms with Crippen LogP contribution in [-0.2, 0) is 19.7 Å². The van der Waals surface area contributed by atoms with Crippen molar-refractivity contribution < 1.29 is 28.8 Å². The number of ether oxygens (including phenoxy) is 2. The molecule has 1 aliphatic heterocycles. The molecule has 1 N–H and O–H groups in total. The van der Waals surface area contributed by atoms with E-state index >= 15 is 0 Å². The van der Waals surface area contributed by atoms with Crippen molar-refractivity contribution in [1.82, 2.24) is 0 Å². The molecule has 9 nitrogen and oxygen atoms in total. The van der Waals surface area contributed by atoms with Crippen LogP contribution in [0.1, 0.15) is 22.8 Å². The Bertz CT molecular complexity index is 1100. The minimum Gasteiger partial charge on any atom is -0.490 e. The van der Waals surface area contributed by atoms with Gasteiger partial charge in [0.25, 0.3) is 0 Å². The Hall–Kier alpha value is -3.75. The first-order valence-corrected chi connectivity index (χ1v) is 9.32. The predicted molar refractivity (Wildman–Crippen MR) is 104 cm³/mol. The van der Waals surface area contributed by atoms with Gasteiger partial charge in [0.15, 0.2) is 11.5 Å². The van der Waals surface area contributed by atoms with Crippen LogP contribution in [0.15, 0.2) is 42.5 Å². The minimum atomic E-state index is -1.38. The molecule has 0 radical (unpaired) electrons. The number of para-hydroxylation sites is 1. The van der Waals surface area contributed by atoms with Crippen LogP contribution < -0.4 is 10.1 Å². The molecule has 1 heterocycles. The van der Waals surface area contributed by atoms with E-state index in [-0.39, 0.29) is 23.6 Å². The average molecular weight is 410 g/mol. The summed E-state index contributed by atoms with van der Waals surface area (Å²) >= 11 is 0. The molecular formula is C21H18N2O7. The minimum absolute atomic E-state index is 0.00737. The Morgan fingerprint density at radius 1 is 1.20 bits per heavy atom. The summed E-state index contributed by atoms with van der Waals surface area (Å²) in [5.74, 6) is -3.66. The first-order chi connectivity index (χ1) is 14.4. The van der Waals surface area contributed by atoms with Crippen LogP contribution in [0.5, 0.6) is 5.75 Å². The standard InChI is InChI=1S/C21H18N2O7/c1-3-30-19(25)17-16(21(17)12-6-4-5-7-13(12)22-20(21)26)18(24)11-8-9-15(29-2)14(10-11)23(27)28/h4-10,16-17H,3H2,1-2H3,(H,22,26)/t16-,17-,21+/m1/s1. The van der Waals surface area contributed by atoms with Crippen LogP contribution in [-0.4, -0.2) is 36.3 Å². The lowest BCUT2D eigenvalue weighted by Gasteiger charge is -2.09. The normalized spacial score (nSPS) is 23.5. The van der Waals surface area contributed by atoms with Gasteiger partial charge < -0.3 is 14.8 Å². The summed E-state index contributed by atoms with van der Waals surface area (Å²) in [5, 5.41) is 14.1. The van der Waals surface area contributed by atoms with E-state index in [1.165, 1.54) is 19.2 Å². The highest BCUT2D eigenvalue weighted by molar-refractivity contribution is 6.20. The molecule has 0 bridgehead atoms. The molecule has 2 aliphatic rings. The molecule has 30 heavy (non-hydrogen) atoms. The van der Waals surface area contributed by atoms with Crippen LogP contribution in [0.25, 0.3) is 0 Å². The van der Waals surface area contributed by atoms with Gasteiger partial charge in [-0.25, -0.2) is 0 Å². The van der Waals surface area contributed by atoms with E-state index in [1.54, 1.807) is 31.2 Å². The summed E-state index contributed by atoms with van der Waals surface area (Å²) in [5.41, 5.74) is -0.644. The fourth-order valence-corrected chi connectivity index (χ4v) is 4.38. The van der Waals surface area contributed by atoms with Crippen molar-refractivity contribution in [3.05, 3.63) is 63.7 Å². The zero-order chi connectivity index (χ0) is 21.6. The van der Waals surface area contributed by atoms with Crippen LogP contribution in [0, 0.1) is 22.0 Å². The molecule has 0 saturated heterocycles. The van der Waals surface area contributed by atoms with Gasteiger partial charge in [0.1, 0.15) is 5.41 Å². The van der Waals surface area contributed by atoms with Crippen molar-refractivity contribution in [2.45, 2.75) is 12.3 Å². The lowest BCUT2D eigenvalue weighted by molar-refractivity contribution is -0.385. The molecule has 1 fully saturated rings. The maximum atomic E-state index is 13.4. The Morgan fingerprint density at radius 3 is 2.60 bits per heavy atom. The monoisotopic (exact) mass is 410 g/mol. The number of esters is 1. The lowest BCUT2D eigenvalue weighted by Crippen LogP contribution is -2.26. The zero-order valence-electron chi connectivity index (χ0n) is 16.2. The van der Waals surface area contributed by atoms with Gasteiger partial charge in [-0.15, -0.1) is 0 Å². The zero-order valence-corrected chi connectivity index (χ0v) is 16.2. The van der Waals surface area contributed by atoms with E-state index in [0.717, 1.165) is 6.07 Å². The van der Waals surface area contributed by atoms with Crippen molar-refractivity contribution in [3.8, 4) is 5.75 Å². The molecule has 1 aliphatic carbocycles. The molecule has 0 aromatic heterocycles. The van der Waals surface area contributed by atoms with Crippen molar-refractivity contribution in [2.75, 3.05) is 19.0 Å². The number of rotatable bonds is 6. The van der Waals surface area contributed by atoms with E-state index in [1.807, 2.05) is 0 Å². The second-order valence-corrected chi connectivity index (χ2v) is 7.08. The first kappa shape index (κ1) is 19.6. The highest BCUT2D eigenvalue weighted by Crippen LogP contribution is 2.66. The van der Waals surface area contributed by atoms with Gasteiger partial charge in [0.2, 0.25) is 5.91 Å². The Labute approximate surface area is 171 Å². The van der Waals surface area contributed by atoms with Crippen LogP contribution >= 0.6 is 0 Å². The molecule has 2 aromatic carbocycles. The number of nitro groups is 1. The Kier molecular flexibility index (Phi) is 4.53. The number of ketones is 1. The number of carbonyl (C=O) groups is 3. The number of hydrogen-bond acceptors (Lipinski definition) is 7. The van der Waals surface area contributed by atoms with Gasteiger partial charge in [-0.05, 0) is 30.7 Å². The second-order valence-electron chi connectivity index (χ2n) is 7.08. The number of methoxy groups -OCH3 is 1. The average Bonchev–Trinajstić information content (AvgIpc) is 3.36. The van der Waals surface area contributed by atoms with Gasteiger partial charge in [-0.1, -0.05) is 18.2 Å². The highest BCUT2D eigenvalue weighted by Gasteiger charge is 2.79. The maximum absolute atomic E-state index is 13.4.